The lowest BCUT2D eigenvalue weighted by atomic mass is 9.94. The maximum absolute atomic E-state index is 13.6. The van der Waals surface area contributed by atoms with Gasteiger partial charge in [-0.3, -0.25) is 9.78 Å². The summed E-state index contributed by atoms with van der Waals surface area (Å²) in [7, 11) is -3.91. The molecule has 1 unspecified atom stereocenters. The third-order valence-corrected chi connectivity index (χ3v) is 9.56. The van der Waals surface area contributed by atoms with Crippen molar-refractivity contribution < 1.29 is 22.7 Å². The highest BCUT2D eigenvalue weighted by atomic mass is 35.5. The van der Waals surface area contributed by atoms with Crippen LogP contribution in [-0.4, -0.2) is 79.9 Å². The Balaban J connectivity index is 1.32. The van der Waals surface area contributed by atoms with Gasteiger partial charge < -0.3 is 14.5 Å². The van der Waals surface area contributed by atoms with E-state index in [1.165, 1.54) is 9.21 Å². The Morgan fingerprint density at radius 3 is 2.38 bits per heavy atom. The second-order valence-electron chi connectivity index (χ2n) is 9.78. The monoisotopic (exact) mass is 570 g/mol. The molecule has 1 atom stereocenters. The number of benzene rings is 2. The summed E-state index contributed by atoms with van der Waals surface area (Å²) in [6, 6.07) is 13.0. The Morgan fingerprint density at radius 1 is 0.974 bits per heavy atom. The molecule has 1 amide bonds. The zero-order valence-electron chi connectivity index (χ0n) is 21.7. The smallest absolute Gasteiger partial charge is 0.330 e. The number of rotatable bonds is 6. The minimum absolute atomic E-state index is 0.0957. The van der Waals surface area contributed by atoms with E-state index >= 15 is 0 Å². The summed E-state index contributed by atoms with van der Waals surface area (Å²) >= 11 is 6.06. The number of halogens is 1. The topological polar surface area (TPSA) is 100 Å². The van der Waals surface area contributed by atoms with Crippen molar-refractivity contribution >= 4 is 50.0 Å². The maximum Gasteiger partial charge on any atom is 0.330 e. The van der Waals surface area contributed by atoms with E-state index < -0.39 is 22.0 Å². The molecule has 5 rings (SSSR count). The standard InChI is InChI=1S/C28H31ClN4O5S/c1-2-38-28(35)26-19-32(39(36,37)25-6-4-21-17-23(29)5-3-22(21)18-25)15-16-33(26)27(34)20-9-13-31(14-10-20)24-7-11-30-12-8-24/h3-8,11-12,17-18,20,26H,2,9-10,13-16,19H2,1H3. The van der Waals surface area contributed by atoms with Crippen LogP contribution in [0, 0.1) is 5.92 Å². The minimum atomic E-state index is -3.91. The molecule has 0 spiro atoms. The van der Waals surface area contributed by atoms with Gasteiger partial charge in [-0.2, -0.15) is 4.31 Å². The van der Waals surface area contributed by atoms with Crippen LogP contribution in [-0.2, 0) is 24.3 Å². The maximum atomic E-state index is 13.6. The molecule has 3 heterocycles. The minimum Gasteiger partial charge on any atom is -0.464 e. The second kappa shape index (κ2) is 11.5. The summed E-state index contributed by atoms with van der Waals surface area (Å²) in [5.74, 6) is -0.953. The van der Waals surface area contributed by atoms with Crippen LogP contribution in [0.15, 0.2) is 65.8 Å². The Hall–Kier alpha value is -3.21. The fourth-order valence-electron chi connectivity index (χ4n) is 5.36. The summed E-state index contributed by atoms with van der Waals surface area (Å²) in [4.78, 5) is 34.5. The van der Waals surface area contributed by atoms with Crippen molar-refractivity contribution in [2.75, 3.05) is 44.2 Å². The fraction of sp³-hybridized carbons (Fsp3) is 0.393. The highest BCUT2D eigenvalue weighted by Gasteiger charge is 2.42. The highest BCUT2D eigenvalue weighted by molar-refractivity contribution is 7.89. The van der Waals surface area contributed by atoms with E-state index in [9.17, 15) is 18.0 Å². The van der Waals surface area contributed by atoms with E-state index in [4.69, 9.17) is 16.3 Å². The van der Waals surface area contributed by atoms with Crippen LogP contribution in [0.1, 0.15) is 19.8 Å². The molecule has 11 heteroatoms. The lowest BCUT2D eigenvalue weighted by molar-refractivity contribution is -0.158. The number of esters is 1. The van der Waals surface area contributed by atoms with Gasteiger partial charge in [-0.25, -0.2) is 13.2 Å². The number of amides is 1. The highest BCUT2D eigenvalue weighted by Crippen LogP contribution is 2.29. The molecule has 2 aliphatic heterocycles. The first-order valence-electron chi connectivity index (χ1n) is 13.1. The zero-order chi connectivity index (χ0) is 27.6. The van der Waals surface area contributed by atoms with Gasteiger partial charge in [0.2, 0.25) is 15.9 Å². The van der Waals surface area contributed by atoms with Crippen LogP contribution in [0.25, 0.3) is 10.8 Å². The molecule has 0 N–H and O–H groups in total. The average molecular weight is 571 g/mol. The first-order chi connectivity index (χ1) is 18.8. The largest absolute Gasteiger partial charge is 0.464 e. The molecule has 2 fully saturated rings. The van der Waals surface area contributed by atoms with Gasteiger partial charge in [0.1, 0.15) is 6.04 Å². The Morgan fingerprint density at radius 2 is 1.67 bits per heavy atom. The first kappa shape index (κ1) is 27.4. The molecule has 39 heavy (non-hydrogen) atoms. The lowest BCUT2D eigenvalue weighted by Crippen LogP contribution is -2.61. The van der Waals surface area contributed by atoms with E-state index in [-0.39, 0.29) is 43.0 Å². The van der Waals surface area contributed by atoms with E-state index in [1.807, 2.05) is 12.1 Å². The molecule has 1 aromatic heterocycles. The number of ether oxygens (including phenoxy) is 1. The number of hydrogen-bond acceptors (Lipinski definition) is 7. The molecule has 0 radical (unpaired) electrons. The number of nitrogens with zero attached hydrogens (tertiary/aromatic N) is 4. The molecule has 0 bridgehead atoms. The lowest BCUT2D eigenvalue weighted by Gasteiger charge is -2.42. The SMILES string of the molecule is CCOC(=O)C1CN(S(=O)(=O)c2ccc3cc(Cl)ccc3c2)CCN1C(=O)C1CCN(c2ccncc2)CC1. The van der Waals surface area contributed by atoms with Gasteiger partial charge in [-0.05, 0) is 66.9 Å². The van der Waals surface area contributed by atoms with Crippen molar-refractivity contribution in [1.29, 1.82) is 0 Å². The number of sulfonamides is 1. The van der Waals surface area contributed by atoms with Crippen molar-refractivity contribution in [2.45, 2.75) is 30.7 Å². The van der Waals surface area contributed by atoms with E-state index in [0.29, 0.717) is 31.0 Å². The van der Waals surface area contributed by atoms with Gasteiger partial charge >= 0.3 is 5.97 Å². The molecule has 206 valence electrons. The van der Waals surface area contributed by atoms with Crippen molar-refractivity contribution in [3.8, 4) is 0 Å². The van der Waals surface area contributed by atoms with Crippen molar-refractivity contribution in [3.63, 3.8) is 0 Å². The van der Waals surface area contributed by atoms with Crippen LogP contribution < -0.4 is 4.90 Å². The van der Waals surface area contributed by atoms with Gasteiger partial charge in [-0.15, -0.1) is 0 Å². The van der Waals surface area contributed by atoms with Gasteiger partial charge in [0.25, 0.3) is 0 Å². The fourth-order valence-corrected chi connectivity index (χ4v) is 7.01. The summed E-state index contributed by atoms with van der Waals surface area (Å²) in [6.07, 6.45) is 4.79. The van der Waals surface area contributed by atoms with Crippen LogP contribution in [0.2, 0.25) is 5.02 Å². The number of pyridine rings is 1. The van der Waals surface area contributed by atoms with Crippen LogP contribution in [0.4, 0.5) is 5.69 Å². The van der Waals surface area contributed by atoms with E-state index in [1.54, 1.807) is 55.7 Å². The van der Waals surface area contributed by atoms with Gasteiger partial charge in [0.15, 0.2) is 0 Å². The van der Waals surface area contributed by atoms with Crippen LogP contribution >= 0.6 is 11.6 Å². The molecule has 0 aliphatic carbocycles. The summed E-state index contributed by atoms with van der Waals surface area (Å²) in [6.45, 7) is 3.33. The number of anilines is 1. The molecular weight excluding hydrogens is 540 g/mol. The first-order valence-corrected chi connectivity index (χ1v) is 14.9. The molecule has 2 aliphatic rings. The van der Waals surface area contributed by atoms with E-state index in [0.717, 1.165) is 16.5 Å². The molecular formula is C28H31ClN4O5S. The molecule has 0 saturated carbocycles. The predicted molar refractivity (Wildman–Crippen MR) is 149 cm³/mol. The third kappa shape index (κ3) is 5.73. The number of piperazine rings is 1. The van der Waals surface area contributed by atoms with Gasteiger partial charge in [0.05, 0.1) is 11.5 Å². The summed E-state index contributed by atoms with van der Waals surface area (Å²) in [5.41, 5.74) is 1.07. The Kier molecular flexibility index (Phi) is 8.06. The number of fused-ring (bicyclic) bond motifs is 1. The number of hydrogen-bond donors (Lipinski definition) is 0. The predicted octanol–water partition coefficient (Wildman–Crippen LogP) is 3.57. The second-order valence-corrected chi connectivity index (χ2v) is 12.2. The molecule has 3 aromatic rings. The third-order valence-electron chi connectivity index (χ3n) is 7.47. The van der Waals surface area contributed by atoms with Crippen LogP contribution in [0.3, 0.4) is 0 Å². The summed E-state index contributed by atoms with van der Waals surface area (Å²) < 4.78 is 33.8. The van der Waals surface area contributed by atoms with Crippen molar-refractivity contribution in [3.05, 3.63) is 65.9 Å². The Bertz CT molecular complexity index is 1460. The number of aromatic nitrogens is 1. The van der Waals surface area contributed by atoms with E-state index in [2.05, 4.69) is 9.88 Å². The van der Waals surface area contributed by atoms with Gasteiger partial charge in [0, 0.05) is 61.7 Å². The normalized spacial score (nSPS) is 19.3. The van der Waals surface area contributed by atoms with Crippen molar-refractivity contribution in [2.24, 2.45) is 5.92 Å². The number of piperidine rings is 1. The Labute approximate surface area is 233 Å². The quantitative estimate of drug-likeness (QED) is 0.418. The number of carbonyl (C=O) groups excluding carboxylic acids is 2. The average Bonchev–Trinajstić information content (AvgIpc) is 2.96. The molecule has 2 saturated heterocycles. The summed E-state index contributed by atoms with van der Waals surface area (Å²) in [5, 5.41) is 2.14. The number of carbonyl (C=O) groups is 2. The van der Waals surface area contributed by atoms with Crippen LogP contribution in [0.5, 0.6) is 0 Å². The molecule has 9 nitrogen and oxygen atoms in total. The zero-order valence-corrected chi connectivity index (χ0v) is 23.3. The van der Waals surface area contributed by atoms with Gasteiger partial charge in [-0.1, -0.05) is 23.7 Å². The molecule has 2 aromatic carbocycles. The van der Waals surface area contributed by atoms with Crippen molar-refractivity contribution in [1.82, 2.24) is 14.2 Å².